The number of ketones is 1. The van der Waals surface area contributed by atoms with Gasteiger partial charge in [-0.3, -0.25) is 4.79 Å². The maximum atomic E-state index is 12.5. The fraction of sp³-hybridized carbons (Fsp3) is 0.211. The van der Waals surface area contributed by atoms with E-state index < -0.39 is 0 Å². The first-order valence-corrected chi connectivity index (χ1v) is 7.66. The van der Waals surface area contributed by atoms with Crippen molar-refractivity contribution in [3.63, 3.8) is 0 Å². The third kappa shape index (κ3) is 3.89. The van der Waals surface area contributed by atoms with E-state index in [9.17, 15) is 4.79 Å². The zero-order valence-corrected chi connectivity index (χ0v) is 14.8. The molecule has 0 bridgehead atoms. The Kier molecular flexibility index (Phi) is 5.88. The zero-order chi connectivity index (χ0) is 17.7. The van der Waals surface area contributed by atoms with Crippen LogP contribution in [0.5, 0.6) is 17.2 Å². The predicted octanol–water partition coefficient (Wildman–Crippen LogP) is 4.57. The van der Waals surface area contributed by atoms with Gasteiger partial charge in [0.15, 0.2) is 17.3 Å². The second-order valence-electron chi connectivity index (χ2n) is 5.14. The van der Waals surface area contributed by atoms with Crippen LogP contribution in [0, 0.1) is 6.92 Å². The molecule has 0 aliphatic carbocycles. The summed E-state index contributed by atoms with van der Waals surface area (Å²) >= 11 is 6.17. The van der Waals surface area contributed by atoms with E-state index in [1.165, 1.54) is 20.3 Å². The highest BCUT2D eigenvalue weighted by Gasteiger charge is 2.12. The van der Waals surface area contributed by atoms with Gasteiger partial charge in [0, 0.05) is 0 Å². The summed E-state index contributed by atoms with van der Waals surface area (Å²) in [5, 5.41) is 0.414. The molecule has 0 saturated heterocycles. The number of carbonyl (C=O) groups is 1. The Morgan fingerprint density at radius 1 is 1.00 bits per heavy atom. The lowest BCUT2D eigenvalue weighted by Gasteiger charge is -2.10. The first kappa shape index (κ1) is 17.9. The molecule has 0 radical (unpaired) electrons. The number of hydrogen-bond acceptors (Lipinski definition) is 4. The fourth-order valence-corrected chi connectivity index (χ4v) is 2.61. The van der Waals surface area contributed by atoms with E-state index >= 15 is 0 Å². The van der Waals surface area contributed by atoms with Gasteiger partial charge in [-0.1, -0.05) is 29.3 Å². The van der Waals surface area contributed by atoms with Crippen molar-refractivity contribution in [2.45, 2.75) is 6.92 Å². The average Bonchev–Trinajstić information content (AvgIpc) is 2.58. The molecular weight excluding hydrogens is 328 g/mol. The number of halogens is 1. The van der Waals surface area contributed by atoms with Gasteiger partial charge in [-0.25, -0.2) is 0 Å². The van der Waals surface area contributed by atoms with Crippen molar-refractivity contribution in [2.75, 3.05) is 21.3 Å². The highest BCUT2D eigenvalue weighted by atomic mass is 35.5. The SMILES string of the molecule is COc1ccc(C)cc1C(=O)/C=C/c1cc(Cl)c(OC)c(OC)c1. The quantitative estimate of drug-likeness (QED) is 0.567. The molecule has 0 heterocycles. The topological polar surface area (TPSA) is 44.8 Å². The molecule has 2 rings (SSSR count). The summed E-state index contributed by atoms with van der Waals surface area (Å²) in [5.41, 5.74) is 2.24. The molecule has 0 amide bonds. The number of allylic oxidation sites excluding steroid dienone is 1. The molecule has 2 aromatic rings. The fourth-order valence-electron chi connectivity index (χ4n) is 2.31. The second kappa shape index (κ2) is 7.88. The molecular formula is C19H19ClO4. The van der Waals surface area contributed by atoms with Crippen LogP contribution >= 0.6 is 11.6 Å². The predicted molar refractivity (Wildman–Crippen MR) is 95.7 cm³/mol. The summed E-state index contributed by atoms with van der Waals surface area (Å²) in [6.45, 7) is 1.92. The number of aryl methyl sites for hydroxylation is 1. The highest BCUT2D eigenvalue weighted by molar-refractivity contribution is 6.32. The van der Waals surface area contributed by atoms with E-state index in [1.54, 1.807) is 37.5 Å². The first-order valence-electron chi connectivity index (χ1n) is 7.28. The van der Waals surface area contributed by atoms with E-state index in [4.69, 9.17) is 25.8 Å². The van der Waals surface area contributed by atoms with Gasteiger partial charge in [-0.05, 0) is 42.8 Å². The Morgan fingerprint density at radius 2 is 1.71 bits per heavy atom. The second-order valence-corrected chi connectivity index (χ2v) is 5.55. The van der Waals surface area contributed by atoms with E-state index in [2.05, 4.69) is 0 Å². The van der Waals surface area contributed by atoms with E-state index in [0.717, 1.165) is 11.1 Å². The lowest BCUT2D eigenvalue weighted by Crippen LogP contribution is -1.99. The van der Waals surface area contributed by atoms with Crippen molar-refractivity contribution in [1.82, 2.24) is 0 Å². The van der Waals surface area contributed by atoms with Crippen LogP contribution in [0.15, 0.2) is 36.4 Å². The summed E-state index contributed by atoms with van der Waals surface area (Å²) in [4.78, 5) is 12.5. The largest absolute Gasteiger partial charge is 0.496 e. The minimum atomic E-state index is -0.151. The van der Waals surface area contributed by atoms with Gasteiger partial charge in [0.1, 0.15) is 5.75 Å². The molecule has 0 unspecified atom stereocenters. The van der Waals surface area contributed by atoms with Crippen LogP contribution in [0.1, 0.15) is 21.5 Å². The van der Waals surface area contributed by atoms with Gasteiger partial charge in [-0.2, -0.15) is 0 Å². The normalized spacial score (nSPS) is 10.7. The minimum Gasteiger partial charge on any atom is -0.496 e. The lowest BCUT2D eigenvalue weighted by atomic mass is 10.1. The van der Waals surface area contributed by atoms with Crippen LogP contribution in [0.4, 0.5) is 0 Å². The Morgan fingerprint density at radius 3 is 2.33 bits per heavy atom. The molecule has 0 fully saturated rings. The van der Waals surface area contributed by atoms with E-state index in [1.807, 2.05) is 13.0 Å². The monoisotopic (exact) mass is 346 g/mol. The molecule has 0 saturated carbocycles. The third-order valence-corrected chi connectivity index (χ3v) is 3.78. The van der Waals surface area contributed by atoms with Gasteiger partial charge < -0.3 is 14.2 Å². The van der Waals surface area contributed by atoms with Gasteiger partial charge >= 0.3 is 0 Å². The number of ether oxygens (including phenoxy) is 3. The molecule has 0 aliphatic heterocycles. The average molecular weight is 347 g/mol. The van der Waals surface area contributed by atoms with Crippen molar-refractivity contribution in [2.24, 2.45) is 0 Å². The van der Waals surface area contributed by atoms with E-state index in [-0.39, 0.29) is 5.78 Å². The standard InChI is InChI=1S/C19H19ClO4/c1-12-5-8-17(22-2)14(9-12)16(21)7-6-13-10-15(20)19(24-4)18(11-13)23-3/h5-11H,1-4H3/b7-6+. The summed E-state index contributed by atoms with van der Waals surface area (Å²) in [5.74, 6) is 1.36. The van der Waals surface area contributed by atoms with Crippen LogP contribution in [0.25, 0.3) is 6.08 Å². The van der Waals surface area contributed by atoms with Crippen molar-refractivity contribution < 1.29 is 19.0 Å². The summed E-state index contributed by atoms with van der Waals surface area (Å²) < 4.78 is 15.7. The lowest BCUT2D eigenvalue weighted by molar-refractivity contribution is 0.104. The molecule has 0 spiro atoms. The molecule has 0 aliphatic rings. The maximum absolute atomic E-state index is 12.5. The van der Waals surface area contributed by atoms with Crippen molar-refractivity contribution in [1.29, 1.82) is 0 Å². The Balaban J connectivity index is 2.33. The van der Waals surface area contributed by atoms with Crippen molar-refractivity contribution in [3.8, 4) is 17.2 Å². The molecule has 0 atom stereocenters. The molecule has 0 N–H and O–H groups in total. The Hall–Kier alpha value is -2.46. The number of benzene rings is 2. The van der Waals surface area contributed by atoms with Gasteiger partial charge in [0.2, 0.25) is 0 Å². The minimum absolute atomic E-state index is 0.151. The number of carbonyl (C=O) groups excluding carboxylic acids is 1. The summed E-state index contributed by atoms with van der Waals surface area (Å²) in [7, 11) is 4.59. The molecule has 5 heteroatoms. The van der Waals surface area contributed by atoms with Gasteiger partial charge in [0.05, 0.1) is 31.9 Å². The molecule has 24 heavy (non-hydrogen) atoms. The third-order valence-electron chi connectivity index (χ3n) is 3.50. The Bertz CT molecular complexity index is 781. The van der Waals surface area contributed by atoms with Gasteiger partial charge in [0.25, 0.3) is 0 Å². The highest BCUT2D eigenvalue weighted by Crippen LogP contribution is 2.36. The van der Waals surface area contributed by atoms with Crippen molar-refractivity contribution in [3.05, 3.63) is 58.1 Å². The van der Waals surface area contributed by atoms with Crippen LogP contribution in [-0.2, 0) is 0 Å². The number of hydrogen-bond donors (Lipinski definition) is 0. The number of methoxy groups -OCH3 is 3. The maximum Gasteiger partial charge on any atom is 0.189 e. The first-order chi connectivity index (χ1) is 11.5. The summed E-state index contributed by atoms with van der Waals surface area (Å²) in [6.07, 6.45) is 3.16. The van der Waals surface area contributed by atoms with Crippen LogP contribution in [0.2, 0.25) is 5.02 Å². The van der Waals surface area contributed by atoms with Crippen LogP contribution in [-0.4, -0.2) is 27.1 Å². The molecule has 2 aromatic carbocycles. The smallest absolute Gasteiger partial charge is 0.189 e. The van der Waals surface area contributed by atoms with Crippen LogP contribution < -0.4 is 14.2 Å². The molecule has 4 nitrogen and oxygen atoms in total. The molecule has 126 valence electrons. The van der Waals surface area contributed by atoms with Gasteiger partial charge in [-0.15, -0.1) is 0 Å². The zero-order valence-electron chi connectivity index (χ0n) is 14.1. The van der Waals surface area contributed by atoms with E-state index in [0.29, 0.717) is 27.8 Å². The van der Waals surface area contributed by atoms with Crippen LogP contribution in [0.3, 0.4) is 0 Å². The van der Waals surface area contributed by atoms with Crippen molar-refractivity contribution >= 4 is 23.5 Å². The molecule has 0 aromatic heterocycles. The summed E-state index contributed by atoms with van der Waals surface area (Å²) in [6, 6.07) is 8.94. The Labute approximate surface area is 146 Å². The number of rotatable bonds is 6.